The van der Waals surface area contributed by atoms with Crippen molar-refractivity contribution in [3.63, 3.8) is 0 Å². The molecule has 0 saturated carbocycles. The van der Waals surface area contributed by atoms with Gasteiger partial charge in [-0.1, -0.05) is 0 Å². The maximum absolute atomic E-state index is 12.7. The minimum atomic E-state index is -0.309. The highest BCUT2D eigenvalue weighted by atomic mass is 79.9. The van der Waals surface area contributed by atoms with Gasteiger partial charge in [0.05, 0.1) is 6.54 Å². The van der Waals surface area contributed by atoms with Gasteiger partial charge in [0.1, 0.15) is 23.9 Å². The second-order valence-electron chi connectivity index (χ2n) is 4.39. The Labute approximate surface area is 130 Å². The van der Waals surface area contributed by atoms with Gasteiger partial charge in [0.2, 0.25) is 0 Å². The molecule has 0 aliphatic heterocycles. The molecular formula is C15H14BrFN2O2. The quantitative estimate of drug-likeness (QED) is 0.830. The van der Waals surface area contributed by atoms with Gasteiger partial charge in [-0.25, -0.2) is 9.37 Å². The number of carbonyl (C=O) groups excluding carboxylic acids is 1. The van der Waals surface area contributed by atoms with Crippen LogP contribution < -0.4 is 4.74 Å². The number of benzene rings is 1. The van der Waals surface area contributed by atoms with Crippen LogP contribution in [0.4, 0.5) is 4.39 Å². The highest BCUT2D eigenvalue weighted by molar-refractivity contribution is 9.10. The molecule has 2 aromatic rings. The third kappa shape index (κ3) is 4.53. The zero-order valence-corrected chi connectivity index (χ0v) is 13.0. The van der Waals surface area contributed by atoms with Crippen LogP contribution in [0.1, 0.15) is 10.5 Å². The predicted molar refractivity (Wildman–Crippen MR) is 80.8 cm³/mol. The Morgan fingerprint density at radius 3 is 2.62 bits per heavy atom. The van der Waals surface area contributed by atoms with Crippen LogP contribution in [0.25, 0.3) is 0 Å². The van der Waals surface area contributed by atoms with Gasteiger partial charge in [-0.3, -0.25) is 4.79 Å². The van der Waals surface area contributed by atoms with E-state index in [0.29, 0.717) is 24.6 Å². The van der Waals surface area contributed by atoms with Gasteiger partial charge >= 0.3 is 0 Å². The molecule has 0 bridgehead atoms. The van der Waals surface area contributed by atoms with E-state index in [4.69, 9.17) is 4.74 Å². The molecule has 0 saturated heterocycles. The van der Waals surface area contributed by atoms with Crippen molar-refractivity contribution in [1.29, 1.82) is 0 Å². The molecule has 110 valence electrons. The Bertz CT molecular complexity index is 602. The van der Waals surface area contributed by atoms with Gasteiger partial charge < -0.3 is 9.64 Å². The maximum Gasteiger partial charge on any atom is 0.272 e. The monoisotopic (exact) mass is 352 g/mol. The number of ether oxygens (including phenoxy) is 1. The fraction of sp³-hybridized carbons (Fsp3) is 0.200. The first-order valence-corrected chi connectivity index (χ1v) is 7.11. The van der Waals surface area contributed by atoms with Gasteiger partial charge in [-0.2, -0.15) is 0 Å². The van der Waals surface area contributed by atoms with Gasteiger partial charge in [0.15, 0.2) is 0 Å². The Morgan fingerprint density at radius 1 is 1.29 bits per heavy atom. The highest BCUT2D eigenvalue weighted by Gasteiger charge is 2.12. The van der Waals surface area contributed by atoms with E-state index in [0.717, 1.165) is 4.47 Å². The Hall–Kier alpha value is -1.95. The fourth-order valence-electron chi connectivity index (χ4n) is 1.63. The van der Waals surface area contributed by atoms with Crippen molar-refractivity contribution >= 4 is 21.8 Å². The first kappa shape index (κ1) is 15.4. The number of halogens is 2. The lowest BCUT2D eigenvalue weighted by atomic mass is 10.3. The molecule has 0 spiro atoms. The summed E-state index contributed by atoms with van der Waals surface area (Å²) in [6.07, 6.45) is 1.58. The first-order valence-electron chi connectivity index (χ1n) is 6.31. The van der Waals surface area contributed by atoms with Crippen LogP contribution in [0, 0.1) is 5.82 Å². The van der Waals surface area contributed by atoms with Gasteiger partial charge in [0.25, 0.3) is 5.91 Å². The van der Waals surface area contributed by atoms with Crippen LogP contribution in [-0.4, -0.2) is 36.0 Å². The van der Waals surface area contributed by atoms with Crippen molar-refractivity contribution in [2.24, 2.45) is 0 Å². The van der Waals surface area contributed by atoms with E-state index in [-0.39, 0.29) is 11.7 Å². The molecule has 0 unspecified atom stereocenters. The third-order valence-corrected chi connectivity index (χ3v) is 3.27. The molecule has 1 heterocycles. The van der Waals surface area contributed by atoms with E-state index in [1.165, 1.54) is 17.0 Å². The van der Waals surface area contributed by atoms with Crippen molar-refractivity contribution in [1.82, 2.24) is 9.88 Å². The van der Waals surface area contributed by atoms with E-state index in [2.05, 4.69) is 20.9 Å². The normalized spacial score (nSPS) is 10.2. The third-order valence-electron chi connectivity index (χ3n) is 2.80. The lowest BCUT2D eigenvalue weighted by Gasteiger charge is -2.17. The molecule has 0 aliphatic carbocycles. The van der Waals surface area contributed by atoms with Crippen LogP contribution >= 0.6 is 15.9 Å². The first-order chi connectivity index (χ1) is 10.1. The predicted octanol–water partition coefficient (Wildman–Crippen LogP) is 3.13. The molecule has 0 atom stereocenters. The van der Waals surface area contributed by atoms with Crippen LogP contribution in [0.2, 0.25) is 0 Å². The van der Waals surface area contributed by atoms with Crippen molar-refractivity contribution < 1.29 is 13.9 Å². The Morgan fingerprint density at radius 2 is 2.00 bits per heavy atom. The SMILES string of the molecule is CN(CCOc1ccc(F)cc1)C(=O)c1ccc(Br)cn1. The molecule has 2 rings (SSSR count). The van der Waals surface area contributed by atoms with Gasteiger partial charge in [-0.05, 0) is 52.3 Å². The number of pyridine rings is 1. The summed E-state index contributed by atoms with van der Waals surface area (Å²) in [6, 6.07) is 9.18. The Kier molecular flexibility index (Phi) is 5.27. The number of aromatic nitrogens is 1. The van der Waals surface area contributed by atoms with Crippen LogP contribution in [-0.2, 0) is 0 Å². The number of amides is 1. The number of carbonyl (C=O) groups is 1. The van der Waals surface area contributed by atoms with Crippen LogP contribution in [0.15, 0.2) is 47.1 Å². The zero-order valence-electron chi connectivity index (χ0n) is 11.4. The van der Waals surface area contributed by atoms with Crippen molar-refractivity contribution in [3.8, 4) is 5.75 Å². The number of rotatable bonds is 5. The maximum atomic E-state index is 12.7. The highest BCUT2D eigenvalue weighted by Crippen LogP contribution is 2.11. The van der Waals surface area contributed by atoms with Crippen molar-refractivity contribution in [2.75, 3.05) is 20.2 Å². The summed E-state index contributed by atoms with van der Waals surface area (Å²) < 4.78 is 19.0. The smallest absolute Gasteiger partial charge is 0.272 e. The molecule has 6 heteroatoms. The molecule has 0 radical (unpaired) electrons. The van der Waals surface area contributed by atoms with E-state index in [1.807, 2.05) is 0 Å². The van der Waals surface area contributed by atoms with Crippen LogP contribution in [0.3, 0.4) is 0 Å². The lowest BCUT2D eigenvalue weighted by molar-refractivity contribution is 0.0768. The van der Waals surface area contributed by atoms with Crippen molar-refractivity contribution in [2.45, 2.75) is 0 Å². The van der Waals surface area contributed by atoms with Gasteiger partial charge in [-0.15, -0.1) is 0 Å². The molecule has 1 amide bonds. The molecular weight excluding hydrogens is 339 g/mol. The molecule has 1 aromatic carbocycles. The Balaban J connectivity index is 1.83. The second kappa shape index (κ2) is 7.17. The molecule has 0 N–H and O–H groups in total. The van der Waals surface area contributed by atoms with E-state index in [9.17, 15) is 9.18 Å². The molecule has 21 heavy (non-hydrogen) atoms. The summed E-state index contributed by atoms with van der Waals surface area (Å²) in [7, 11) is 1.68. The molecule has 0 aliphatic rings. The molecule has 4 nitrogen and oxygen atoms in total. The number of hydrogen-bond acceptors (Lipinski definition) is 3. The van der Waals surface area contributed by atoms with E-state index in [1.54, 1.807) is 37.5 Å². The summed E-state index contributed by atoms with van der Waals surface area (Å²) in [5.74, 6) is 0.0835. The summed E-state index contributed by atoms with van der Waals surface area (Å²) in [6.45, 7) is 0.734. The zero-order chi connectivity index (χ0) is 15.2. The standard InChI is InChI=1S/C15H14BrFN2O2/c1-19(15(20)14-7-2-11(16)10-18-14)8-9-21-13-5-3-12(17)4-6-13/h2-7,10H,8-9H2,1H3. The summed E-state index contributed by atoms with van der Waals surface area (Å²) in [5.41, 5.74) is 0.377. The number of nitrogens with zero attached hydrogens (tertiary/aromatic N) is 2. The minimum Gasteiger partial charge on any atom is -0.492 e. The van der Waals surface area contributed by atoms with Crippen molar-refractivity contribution in [3.05, 3.63) is 58.6 Å². The largest absolute Gasteiger partial charge is 0.492 e. The average molecular weight is 353 g/mol. The number of likely N-dealkylation sites (N-methyl/N-ethyl adjacent to an activating group) is 1. The molecule has 1 aromatic heterocycles. The lowest BCUT2D eigenvalue weighted by Crippen LogP contribution is -2.31. The second-order valence-corrected chi connectivity index (χ2v) is 5.31. The molecule has 0 fully saturated rings. The summed E-state index contributed by atoms with van der Waals surface area (Å²) >= 11 is 3.27. The fourth-order valence-corrected chi connectivity index (χ4v) is 1.87. The van der Waals surface area contributed by atoms with E-state index < -0.39 is 0 Å². The number of hydrogen-bond donors (Lipinski definition) is 0. The van der Waals surface area contributed by atoms with Crippen LogP contribution in [0.5, 0.6) is 5.75 Å². The summed E-state index contributed by atoms with van der Waals surface area (Å²) in [4.78, 5) is 17.7. The average Bonchev–Trinajstić information content (AvgIpc) is 2.49. The topological polar surface area (TPSA) is 42.4 Å². The summed E-state index contributed by atoms with van der Waals surface area (Å²) in [5, 5.41) is 0. The van der Waals surface area contributed by atoms with Gasteiger partial charge in [0, 0.05) is 17.7 Å². The minimum absolute atomic E-state index is 0.176. The van der Waals surface area contributed by atoms with E-state index >= 15 is 0 Å².